The predicted molar refractivity (Wildman–Crippen MR) is 114 cm³/mol. The van der Waals surface area contributed by atoms with Gasteiger partial charge in [0.2, 0.25) is 0 Å². The number of fused-ring (bicyclic) bond motifs is 2. The van der Waals surface area contributed by atoms with E-state index in [0.717, 1.165) is 28.1 Å². The Balaban J connectivity index is 1.58. The number of carbonyl (C=O) groups excluding carboxylic acids is 2. The lowest BCUT2D eigenvalue weighted by Gasteiger charge is -2.16. The number of hydrogen-bond donors (Lipinski definition) is 2. The van der Waals surface area contributed by atoms with Gasteiger partial charge in [-0.1, -0.05) is 67.6 Å². The van der Waals surface area contributed by atoms with Crippen molar-refractivity contribution in [2.75, 3.05) is 0 Å². The first-order valence-electron chi connectivity index (χ1n) is 10.4. The highest BCUT2D eigenvalue weighted by Gasteiger charge is 2.40. The third-order valence-electron chi connectivity index (χ3n) is 6.00. The van der Waals surface area contributed by atoms with Crippen molar-refractivity contribution in [3.63, 3.8) is 0 Å². The molecule has 1 aromatic heterocycles. The summed E-state index contributed by atoms with van der Waals surface area (Å²) in [6, 6.07) is 19.8. The molecular weight excluding hydrogens is 374 g/mol. The summed E-state index contributed by atoms with van der Waals surface area (Å²) in [5, 5.41) is 6.18. The Morgan fingerprint density at radius 1 is 0.733 bits per heavy atom. The number of pyridine rings is 1. The Bertz CT molecular complexity index is 1040. The van der Waals surface area contributed by atoms with Crippen molar-refractivity contribution in [2.45, 2.75) is 38.3 Å². The van der Waals surface area contributed by atoms with Crippen molar-refractivity contribution < 1.29 is 9.59 Å². The molecule has 30 heavy (non-hydrogen) atoms. The number of hydrogen-bond acceptors (Lipinski definition) is 3. The van der Waals surface area contributed by atoms with E-state index in [0.29, 0.717) is 30.4 Å². The van der Waals surface area contributed by atoms with Gasteiger partial charge in [-0.3, -0.25) is 14.6 Å². The van der Waals surface area contributed by atoms with E-state index < -0.39 is 0 Å². The summed E-state index contributed by atoms with van der Waals surface area (Å²) in [5.74, 6) is -0.255. The second kappa shape index (κ2) is 7.41. The Morgan fingerprint density at radius 3 is 1.57 bits per heavy atom. The molecule has 5 nitrogen and oxygen atoms in total. The number of rotatable bonds is 5. The van der Waals surface area contributed by atoms with Crippen LogP contribution < -0.4 is 10.6 Å². The molecule has 5 rings (SSSR count). The van der Waals surface area contributed by atoms with E-state index in [4.69, 9.17) is 4.98 Å². The van der Waals surface area contributed by atoms with Crippen molar-refractivity contribution in [3.05, 3.63) is 99.9 Å². The minimum absolute atomic E-state index is 0.127. The van der Waals surface area contributed by atoms with Gasteiger partial charge in [0.15, 0.2) is 0 Å². The summed E-state index contributed by atoms with van der Waals surface area (Å²) >= 11 is 0. The van der Waals surface area contributed by atoms with Gasteiger partial charge in [-0.05, 0) is 36.0 Å². The smallest absolute Gasteiger partial charge is 0.254 e. The third-order valence-corrected chi connectivity index (χ3v) is 6.00. The lowest BCUT2D eigenvalue weighted by Crippen LogP contribution is -2.23. The van der Waals surface area contributed by atoms with Crippen LogP contribution in [0.1, 0.15) is 67.8 Å². The van der Waals surface area contributed by atoms with Gasteiger partial charge in [-0.15, -0.1) is 0 Å². The number of carbonyl (C=O) groups is 2. The highest BCUT2D eigenvalue weighted by Crippen LogP contribution is 2.37. The zero-order chi connectivity index (χ0) is 20.7. The monoisotopic (exact) mass is 397 g/mol. The number of benzene rings is 2. The first-order valence-corrected chi connectivity index (χ1v) is 10.4. The van der Waals surface area contributed by atoms with Crippen LogP contribution in [0.2, 0.25) is 0 Å². The minimum atomic E-state index is -0.182. The maximum Gasteiger partial charge on any atom is 0.254 e. The van der Waals surface area contributed by atoms with Gasteiger partial charge in [0.05, 0.1) is 34.6 Å². The lowest BCUT2D eigenvalue weighted by molar-refractivity contribution is 0.0953. The molecular formula is C25H23N3O2. The van der Waals surface area contributed by atoms with Gasteiger partial charge in [-0.25, -0.2) is 0 Å². The molecule has 0 saturated carbocycles. The molecule has 2 atom stereocenters. The first-order chi connectivity index (χ1) is 14.7. The SMILES string of the molecule is CCc1c2c(nc3c1C(=O)N[C@H]3Cc1ccccc1)[C@H](Cc1ccccc1)NC2=O. The van der Waals surface area contributed by atoms with Crippen molar-refractivity contribution in [2.24, 2.45) is 0 Å². The first kappa shape index (κ1) is 18.6. The van der Waals surface area contributed by atoms with E-state index in [2.05, 4.69) is 34.9 Å². The van der Waals surface area contributed by atoms with E-state index in [1.807, 2.05) is 43.3 Å². The Kier molecular flexibility index (Phi) is 4.58. The van der Waals surface area contributed by atoms with Crippen LogP contribution in [-0.4, -0.2) is 16.8 Å². The second-order valence-corrected chi connectivity index (χ2v) is 7.90. The van der Waals surface area contributed by atoms with Crippen LogP contribution in [0.5, 0.6) is 0 Å². The molecule has 2 amide bonds. The van der Waals surface area contributed by atoms with Crippen LogP contribution >= 0.6 is 0 Å². The average Bonchev–Trinajstić information content (AvgIpc) is 3.25. The molecule has 5 heteroatoms. The number of nitrogens with one attached hydrogen (secondary N) is 2. The van der Waals surface area contributed by atoms with E-state index in [-0.39, 0.29) is 23.9 Å². The van der Waals surface area contributed by atoms with Crippen LogP contribution in [0.25, 0.3) is 0 Å². The molecule has 0 aliphatic carbocycles. The molecule has 2 aromatic carbocycles. The highest BCUT2D eigenvalue weighted by molar-refractivity contribution is 6.06. The van der Waals surface area contributed by atoms with E-state index in [1.165, 1.54) is 0 Å². The summed E-state index contributed by atoms with van der Waals surface area (Å²) in [4.78, 5) is 30.6. The lowest BCUT2D eigenvalue weighted by atomic mass is 9.93. The molecule has 2 aliphatic heterocycles. The maximum atomic E-state index is 12.8. The summed E-state index contributed by atoms with van der Waals surface area (Å²) in [7, 11) is 0. The molecule has 0 unspecified atom stereocenters. The van der Waals surface area contributed by atoms with Crippen LogP contribution in [0.15, 0.2) is 60.7 Å². The summed E-state index contributed by atoms with van der Waals surface area (Å²) in [6.45, 7) is 1.99. The van der Waals surface area contributed by atoms with Crippen LogP contribution in [0.4, 0.5) is 0 Å². The van der Waals surface area contributed by atoms with E-state index >= 15 is 0 Å². The number of amides is 2. The molecule has 0 bridgehead atoms. The van der Waals surface area contributed by atoms with E-state index in [9.17, 15) is 9.59 Å². The van der Waals surface area contributed by atoms with Crippen molar-refractivity contribution in [3.8, 4) is 0 Å². The largest absolute Gasteiger partial charge is 0.343 e. The Morgan fingerprint density at radius 2 is 1.17 bits per heavy atom. The number of nitrogens with zero attached hydrogens (tertiary/aromatic N) is 1. The predicted octanol–water partition coefficient (Wildman–Crippen LogP) is 3.70. The molecule has 2 aliphatic rings. The topological polar surface area (TPSA) is 71.1 Å². The van der Waals surface area contributed by atoms with Gasteiger partial charge >= 0.3 is 0 Å². The van der Waals surface area contributed by atoms with E-state index in [1.54, 1.807) is 0 Å². The van der Waals surface area contributed by atoms with Crippen LogP contribution in [0, 0.1) is 0 Å². The third kappa shape index (κ3) is 3.07. The van der Waals surface area contributed by atoms with Crippen molar-refractivity contribution in [1.29, 1.82) is 0 Å². The molecule has 0 fully saturated rings. The fraction of sp³-hybridized carbons (Fsp3) is 0.240. The number of aromatic nitrogens is 1. The van der Waals surface area contributed by atoms with Gasteiger partial charge in [0.1, 0.15) is 0 Å². The molecule has 3 heterocycles. The Hall–Kier alpha value is -3.47. The van der Waals surface area contributed by atoms with Crippen molar-refractivity contribution >= 4 is 11.8 Å². The minimum Gasteiger partial charge on any atom is -0.343 e. The molecule has 150 valence electrons. The quantitative estimate of drug-likeness (QED) is 0.690. The Labute approximate surface area is 175 Å². The van der Waals surface area contributed by atoms with Gasteiger partial charge in [0.25, 0.3) is 11.8 Å². The van der Waals surface area contributed by atoms with Gasteiger partial charge in [-0.2, -0.15) is 0 Å². The molecule has 0 spiro atoms. The molecule has 2 N–H and O–H groups in total. The zero-order valence-corrected chi connectivity index (χ0v) is 16.8. The fourth-order valence-corrected chi connectivity index (χ4v) is 4.63. The normalized spacial score (nSPS) is 19.2. The maximum absolute atomic E-state index is 12.8. The van der Waals surface area contributed by atoms with Crippen LogP contribution in [-0.2, 0) is 19.3 Å². The average molecular weight is 397 g/mol. The molecule has 0 radical (unpaired) electrons. The van der Waals surface area contributed by atoms with Gasteiger partial charge in [0, 0.05) is 0 Å². The summed E-state index contributed by atoms with van der Waals surface area (Å²) in [5.41, 5.74) is 5.83. The highest BCUT2D eigenvalue weighted by atomic mass is 16.2. The zero-order valence-electron chi connectivity index (χ0n) is 16.8. The van der Waals surface area contributed by atoms with Crippen molar-refractivity contribution in [1.82, 2.24) is 15.6 Å². The summed E-state index contributed by atoms with van der Waals surface area (Å²) < 4.78 is 0. The summed E-state index contributed by atoms with van der Waals surface area (Å²) in [6.07, 6.45) is 1.97. The fourth-order valence-electron chi connectivity index (χ4n) is 4.63. The van der Waals surface area contributed by atoms with Gasteiger partial charge < -0.3 is 10.6 Å². The second-order valence-electron chi connectivity index (χ2n) is 7.90. The van der Waals surface area contributed by atoms with Crippen LogP contribution in [0.3, 0.4) is 0 Å². The molecule has 0 saturated heterocycles. The molecule has 3 aromatic rings. The standard InChI is InChI=1S/C25H23N3O2/c1-2-17-20-22(18(26-24(20)29)13-15-9-5-3-6-10-15)28-23-19(27-25(30)21(17)23)14-16-11-7-4-8-12-16/h3-12,18-19H,2,13-14H2,1H3,(H,26,29)(H,27,30)/t18-,19-/m0/s1.